The van der Waals surface area contributed by atoms with Crippen LogP contribution in [-0.2, 0) is 0 Å². The molecule has 0 bridgehead atoms. The third kappa shape index (κ3) is 6.85. The van der Waals surface area contributed by atoms with Gasteiger partial charge < -0.3 is 0 Å². The Labute approximate surface area is 128 Å². The highest BCUT2D eigenvalue weighted by Gasteiger charge is 2.06. The fourth-order valence-corrected chi connectivity index (χ4v) is 2.35. The number of hydrogen-bond acceptors (Lipinski definition) is 2. The molecule has 0 atom stereocenters. The van der Waals surface area contributed by atoms with Gasteiger partial charge in [0.1, 0.15) is 5.01 Å². The number of aromatic nitrogens is 1. The van der Waals surface area contributed by atoms with Crippen LogP contribution in [0.3, 0.4) is 0 Å². The van der Waals surface area contributed by atoms with Gasteiger partial charge in [-0.2, -0.15) is 0 Å². The largest absolute Gasteiger partial charge is 0.241 e. The highest BCUT2D eigenvalue weighted by Crippen LogP contribution is 2.23. The Morgan fingerprint density at radius 2 is 1.45 bits per heavy atom. The molecule has 110 valence electrons. The molecule has 0 aromatic carbocycles. The molecule has 0 spiro atoms. The van der Waals surface area contributed by atoms with E-state index in [4.69, 9.17) is 0 Å². The van der Waals surface area contributed by atoms with Gasteiger partial charge in [-0.3, -0.25) is 0 Å². The molecule has 0 saturated carbocycles. The predicted molar refractivity (Wildman–Crippen MR) is 93.0 cm³/mol. The first-order valence-corrected chi connectivity index (χ1v) is 7.91. The van der Waals surface area contributed by atoms with E-state index in [1.807, 2.05) is 0 Å². The zero-order valence-corrected chi connectivity index (χ0v) is 14.6. The summed E-state index contributed by atoms with van der Waals surface area (Å²) in [5.74, 6) is 0. The Kier molecular flexibility index (Phi) is 5.52. The van der Waals surface area contributed by atoms with E-state index in [9.17, 15) is 0 Å². The maximum absolute atomic E-state index is 4.60. The van der Waals surface area contributed by atoms with E-state index in [2.05, 4.69) is 89.9 Å². The van der Waals surface area contributed by atoms with Crippen LogP contribution in [0.5, 0.6) is 0 Å². The van der Waals surface area contributed by atoms with Crippen LogP contribution in [0.25, 0.3) is 12.2 Å². The van der Waals surface area contributed by atoms with Gasteiger partial charge in [-0.25, -0.2) is 4.98 Å². The van der Waals surface area contributed by atoms with E-state index in [0.717, 1.165) is 10.7 Å². The summed E-state index contributed by atoms with van der Waals surface area (Å²) in [6.45, 7) is 15.3. The number of thiazole rings is 1. The second-order valence-corrected chi connectivity index (χ2v) is 8.35. The van der Waals surface area contributed by atoms with Gasteiger partial charge in [0.15, 0.2) is 0 Å². The minimum atomic E-state index is 0.199. The number of aryl methyl sites for hydroxylation is 1. The fraction of sp³-hybridized carbons (Fsp3) is 0.500. The molecule has 0 aliphatic heterocycles. The second kappa shape index (κ2) is 6.53. The topological polar surface area (TPSA) is 12.9 Å². The van der Waals surface area contributed by atoms with Crippen molar-refractivity contribution in [3.05, 3.63) is 39.9 Å². The Hall–Kier alpha value is -1.15. The van der Waals surface area contributed by atoms with Gasteiger partial charge in [-0.1, -0.05) is 65.8 Å². The van der Waals surface area contributed by atoms with Crippen LogP contribution in [-0.4, -0.2) is 4.98 Å². The zero-order chi connectivity index (χ0) is 15.4. The van der Waals surface area contributed by atoms with E-state index in [1.54, 1.807) is 11.3 Å². The van der Waals surface area contributed by atoms with E-state index < -0.39 is 0 Å². The molecule has 0 aliphatic carbocycles. The highest BCUT2D eigenvalue weighted by molar-refractivity contribution is 7.13. The van der Waals surface area contributed by atoms with Crippen LogP contribution in [0.4, 0.5) is 0 Å². The minimum Gasteiger partial charge on any atom is -0.241 e. The summed E-state index contributed by atoms with van der Waals surface area (Å²) in [6.07, 6.45) is 12.9. The summed E-state index contributed by atoms with van der Waals surface area (Å²) in [5.41, 5.74) is 1.53. The van der Waals surface area contributed by atoms with Crippen LogP contribution in [0.1, 0.15) is 57.1 Å². The summed E-state index contributed by atoms with van der Waals surface area (Å²) in [6, 6.07) is 0. The predicted octanol–water partition coefficient (Wildman–Crippen LogP) is 6.13. The normalized spacial score (nSPS) is 14.2. The van der Waals surface area contributed by atoms with Crippen LogP contribution < -0.4 is 0 Å². The van der Waals surface area contributed by atoms with Gasteiger partial charge in [0.05, 0.1) is 10.6 Å². The number of allylic oxidation sites excluding steroid dienone is 4. The maximum Gasteiger partial charge on any atom is 0.116 e. The van der Waals surface area contributed by atoms with Crippen LogP contribution >= 0.6 is 11.3 Å². The third-order valence-electron chi connectivity index (χ3n) is 2.53. The van der Waals surface area contributed by atoms with E-state index >= 15 is 0 Å². The van der Waals surface area contributed by atoms with E-state index in [1.165, 1.54) is 4.88 Å². The third-order valence-corrected chi connectivity index (χ3v) is 3.62. The second-order valence-electron chi connectivity index (χ2n) is 7.29. The Bertz CT molecular complexity index is 517. The quantitative estimate of drug-likeness (QED) is 0.610. The fourth-order valence-electron chi connectivity index (χ4n) is 1.46. The molecule has 1 aromatic heterocycles. The van der Waals surface area contributed by atoms with Gasteiger partial charge in [-0.05, 0) is 29.9 Å². The average Bonchev–Trinajstić information content (AvgIpc) is 2.61. The van der Waals surface area contributed by atoms with Crippen molar-refractivity contribution in [2.75, 3.05) is 0 Å². The first-order chi connectivity index (χ1) is 9.07. The van der Waals surface area contributed by atoms with Gasteiger partial charge in [0.2, 0.25) is 0 Å². The lowest BCUT2D eigenvalue weighted by Gasteiger charge is -2.10. The van der Waals surface area contributed by atoms with Gasteiger partial charge in [0.25, 0.3) is 0 Å². The molecule has 0 fully saturated rings. The van der Waals surface area contributed by atoms with Gasteiger partial charge in [0, 0.05) is 0 Å². The van der Waals surface area contributed by atoms with Crippen molar-refractivity contribution in [2.24, 2.45) is 10.8 Å². The lowest BCUT2D eigenvalue weighted by Crippen LogP contribution is -1.97. The first kappa shape index (κ1) is 16.9. The molecule has 1 aromatic rings. The smallest absolute Gasteiger partial charge is 0.116 e. The Morgan fingerprint density at radius 1 is 0.850 bits per heavy atom. The van der Waals surface area contributed by atoms with Crippen molar-refractivity contribution in [3.63, 3.8) is 0 Å². The molecule has 0 aliphatic rings. The van der Waals surface area contributed by atoms with Crippen molar-refractivity contribution in [2.45, 2.75) is 48.5 Å². The monoisotopic (exact) mass is 289 g/mol. The summed E-state index contributed by atoms with van der Waals surface area (Å²) < 4.78 is 0. The summed E-state index contributed by atoms with van der Waals surface area (Å²) in [4.78, 5) is 5.83. The van der Waals surface area contributed by atoms with Crippen molar-refractivity contribution in [1.82, 2.24) is 4.98 Å². The number of rotatable bonds is 3. The van der Waals surface area contributed by atoms with Crippen molar-refractivity contribution in [3.8, 4) is 0 Å². The maximum atomic E-state index is 4.60. The van der Waals surface area contributed by atoms with Crippen LogP contribution in [0.15, 0.2) is 24.3 Å². The van der Waals surface area contributed by atoms with Crippen molar-refractivity contribution < 1.29 is 0 Å². The molecular formula is C18H27NS. The lowest BCUT2D eigenvalue weighted by molar-refractivity contribution is 0.544. The molecule has 0 radical (unpaired) electrons. The molecule has 1 heterocycles. The minimum absolute atomic E-state index is 0.199. The molecular weight excluding hydrogens is 262 g/mol. The van der Waals surface area contributed by atoms with Crippen LogP contribution in [0.2, 0.25) is 0 Å². The molecule has 1 nitrogen and oxygen atoms in total. The Balaban J connectivity index is 2.79. The SMILES string of the molecule is Cc1nc(/C=C/C(C)(C)C)sc1/C=C/C=C/C(C)(C)C. The van der Waals surface area contributed by atoms with Crippen molar-refractivity contribution >= 4 is 23.5 Å². The molecule has 0 unspecified atom stereocenters. The number of nitrogens with zero attached hydrogens (tertiary/aromatic N) is 1. The molecule has 2 heteroatoms. The number of hydrogen-bond donors (Lipinski definition) is 0. The molecule has 0 saturated heterocycles. The van der Waals surface area contributed by atoms with Crippen LogP contribution in [0, 0.1) is 17.8 Å². The van der Waals surface area contributed by atoms with E-state index in [0.29, 0.717) is 0 Å². The molecule has 20 heavy (non-hydrogen) atoms. The molecule has 0 amide bonds. The standard InChI is InChI=1S/C18H27NS/c1-14-15(10-8-9-12-17(2,3)4)20-16(19-14)11-13-18(5,6)7/h8-13H,1-7H3/b10-8+,12-9+,13-11+. The summed E-state index contributed by atoms with van der Waals surface area (Å²) >= 11 is 1.74. The average molecular weight is 289 g/mol. The molecule has 0 N–H and O–H groups in total. The lowest BCUT2D eigenvalue weighted by atomic mass is 9.96. The summed E-state index contributed by atoms with van der Waals surface area (Å²) in [5, 5.41) is 1.08. The van der Waals surface area contributed by atoms with Crippen molar-refractivity contribution in [1.29, 1.82) is 0 Å². The van der Waals surface area contributed by atoms with E-state index in [-0.39, 0.29) is 10.8 Å². The molecule has 1 rings (SSSR count). The summed E-state index contributed by atoms with van der Waals surface area (Å²) in [7, 11) is 0. The first-order valence-electron chi connectivity index (χ1n) is 7.09. The Morgan fingerprint density at radius 3 is 2.00 bits per heavy atom. The zero-order valence-electron chi connectivity index (χ0n) is 13.8. The van der Waals surface area contributed by atoms with Gasteiger partial charge in [-0.15, -0.1) is 11.3 Å². The van der Waals surface area contributed by atoms with Gasteiger partial charge >= 0.3 is 0 Å². The highest BCUT2D eigenvalue weighted by atomic mass is 32.1.